The van der Waals surface area contributed by atoms with Gasteiger partial charge in [-0.05, 0) is 44.0 Å². The number of rotatable bonds is 15. The normalized spacial score (nSPS) is 11.3. The first-order chi connectivity index (χ1) is 15.4. The van der Waals surface area contributed by atoms with Crippen molar-refractivity contribution in [2.45, 2.75) is 76.5 Å². The van der Waals surface area contributed by atoms with E-state index in [1.165, 1.54) is 36.4 Å². The van der Waals surface area contributed by atoms with Crippen LogP contribution in [0, 0.1) is 6.92 Å². The van der Waals surface area contributed by atoms with Gasteiger partial charge >= 0.3 is 0 Å². The highest BCUT2D eigenvalue weighted by Crippen LogP contribution is 2.24. The molecule has 0 heterocycles. The average molecular weight is 459 g/mol. The van der Waals surface area contributed by atoms with E-state index >= 15 is 0 Å². The van der Waals surface area contributed by atoms with Crippen LogP contribution >= 0.6 is 0 Å². The molecule has 1 amide bonds. The van der Waals surface area contributed by atoms with Gasteiger partial charge in [-0.2, -0.15) is 0 Å². The number of nitrogens with zero attached hydrogens (tertiary/aromatic N) is 1. The zero-order chi connectivity index (χ0) is 23.2. The number of para-hydroxylation sites is 1. The Morgan fingerprint density at radius 2 is 1.47 bits per heavy atom. The Bertz CT molecular complexity index is 896. The van der Waals surface area contributed by atoms with Gasteiger partial charge in [0.15, 0.2) is 0 Å². The monoisotopic (exact) mass is 458 g/mol. The minimum atomic E-state index is -3.68. The van der Waals surface area contributed by atoms with Crippen LogP contribution in [-0.2, 0) is 14.8 Å². The minimum absolute atomic E-state index is 0.0474. The quantitative estimate of drug-likeness (QED) is 0.341. The lowest BCUT2D eigenvalue weighted by Crippen LogP contribution is -2.34. The predicted octanol–water partition coefficient (Wildman–Crippen LogP) is 5.84. The summed E-state index contributed by atoms with van der Waals surface area (Å²) in [4.78, 5) is 12.4. The van der Waals surface area contributed by atoms with E-state index in [0.717, 1.165) is 18.4 Å². The summed E-state index contributed by atoms with van der Waals surface area (Å²) in [6.07, 6.45) is 9.35. The second-order valence-corrected chi connectivity index (χ2v) is 10.2. The van der Waals surface area contributed by atoms with Crippen molar-refractivity contribution >= 4 is 21.6 Å². The summed E-state index contributed by atoms with van der Waals surface area (Å²) in [7, 11) is -3.68. The fourth-order valence-corrected chi connectivity index (χ4v) is 5.10. The highest BCUT2D eigenvalue weighted by molar-refractivity contribution is 7.92. The van der Waals surface area contributed by atoms with Gasteiger partial charge < -0.3 is 5.32 Å². The first-order valence-corrected chi connectivity index (χ1v) is 13.3. The maximum Gasteiger partial charge on any atom is 0.264 e. The van der Waals surface area contributed by atoms with Gasteiger partial charge in [0.05, 0.1) is 10.6 Å². The van der Waals surface area contributed by atoms with Crippen LogP contribution in [0.1, 0.15) is 70.3 Å². The number of benzene rings is 2. The van der Waals surface area contributed by atoms with E-state index in [9.17, 15) is 13.2 Å². The summed E-state index contributed by atoms with van der Waals surface area (Å²) in [5, 5.41) is 2.94. The molecule has 0 unspecified atom stereocenters. The molecular formula is C26H38N2O3S. The summed E-state index contributed by atoms with van der Waals surface area (Å²) in [6, 6.07) is 16.0. The lowest BCUT2D eigenvalue weighted by Gasteiger charge is -2.24. The zero-order valence-electron chi connectivity index (χ0n) is 19.6. The number of aryl methyl sites for hydroxylation is 1. The molecule has 0 saturated carbocycles. The number of hydrogen-bond acceptors (Lipinski definition) is 3. The van der Waals surface area contributed by atoms with Gasteiger partial charge in [0.1, 0.15) is 0 Å². The van der Waals surface area contributed by atoms with Crippen molar-refractivity contribution in [3.05, 3.63) is 60.2 Å². The summed E-state index contributed by atoms with van der Waals surface area (Å²) < 4.78 is 28.0. The van der Waals surface area contributed by atoms with Gasteiger partial charge in [-0.15, -0.1) is 0 Å². The molecule has 0 aliphatic carbocycles. The molecule has 32 heavy (non-hydrogen) atoms. The highest BCUT2D eigenvalue weighted by atomic mass is 32.2. The molecule has 0 spiro atoms. The lowest BCUT2D eigenvalue weighted by atomic mass is 10.1. The number of carbonyl (C=O) groups is 1. The molecule has 0 atom stereocenters. The molecule has 0 aliphatic rings. The molecule has 2 aromatic rings. The number of sulfonamides is 1. The molecule has 5 nitrogen and oxygen atoms in total. The van der Waals surface area contributed by atoms with Crippen molar-refractivity contribution in [3.63, 3.8) is 0 Å². The minimum Gasteiger partial charge on any atom is -0.356 e. The van der Waals surface area contributed by atoms with Crippen LogP contribution in [0.15, 0.2) is 59.5 Å². The molecule has 0 radical (unpaired) electrons. The van der Waals surface area contributed by atoms with E-state index < -0.39 is 10.0 Å². The van der Waals surface area contributed by atoms with Crippen LogP contribution in [0.3, 0.4) is 0 Å². The Morgan fingerprint density at radius 3 is 2.12 bits per heavy atom. The van der Waals surface area contributed by atoms with Gasteiger partial charge in [0.25, 0.3) is 10.0 Å². The van der Waals surface area contributed by atoms with Crippen molar-refractivity contribution in [1.29, 1.82) is 0 Å². The summed E-state index contributed by atoms with van der Waals surface area (Å²) >= 11 is 0. The van der Waals surface area contributed by atoms with Crippen molar-refractivity contribution in [2.75, 3.05) is 17.4 Å². The second-order valence-electron chi connectivity index (χ2n) is 8.30. The van der Waals surface area contributed by atoms with Crippen molar-refractivity contribution in [3.8, 4) is 0 Å². The van der Waals surface area contributed by atoms with E-state index in [1.807, 2.05) is 25.1 Å². The molecule has 0 saturated heterocycles. The first kappa shape index (κ1) is 25.9. The average Bonchev–Trinajstić information content (AvgIpc) is 2.79. The van der Waals surface area contributed by atoms with E-state index in [4.69, 9.17) is 0 Å². The van der Waals surface area contributed by atoms with E-state index in [0.29, 0.717) is 31.6 Å². The SMILES string of the molecule is CCCCCCCCCC(=O)NCCCN(c1ccccc1)S(=O)(=O)c1ccc(C)cc1. The number of carbonyl (C=O) groups excluding carboxylic acids is 1. The molecule has 176 valence electrons. The standard InChI is InChI=1S/C26H38N2O3S/c1-3-4-5-6-7-8-12-16-26(29)27-21-13-22-28(24-14-10-9-11-15-24)32(30,31)25-19-17-23(2)18-20-25/h9-11,14-15,17-20H,3-8,12-13,16,21-22H2,1-2H3,(H,27,29). The molecule has 0 fully saturated rings. The van der Waals surface area contributed by atoms with Crippen LogP contribution in [0.5, 0.6) is 0 Å². The van der Waals surface area contributed by atoms with E-state index in [2.05, 4.69) is 12.2 Å². The Balaban J connectivity index is 1.84. The largest absolute Gasteiger partial charge is 0.356 e. The summed E-state index contributed by atoms with van der Waals surface area (Å²) in [5.41, 5.74) is 1.64. The molecule has 0 aliphatic heterocycles. The summed E-state index contributed by atoms with van der Waals surface area (Å²) in [6.45, 7) is 4.90. The Hall–Kier alpha value is -2.34. The Labute approximate surface area is 194 Å². The third-order valence-electron chi connectivity index (χ3n) is 5.52. The fourth-order valence-electron chi connectivity index (χ4n) is 3.60. The van der Waals surface area contributed by atoms with Gasteiger partial charge in [0.2, 0.25) is 5.91 Å². The zero-order valence-corrected chi connectivity index (χ0v) is 20.4. The number of unbranched alkanes of at least 4 members (excludes halogenated alkanes) is 6. The van der Waals surface area contributed by atoms with Crippen LogP contribution < -0.4 is 9.62 Å². The molecule has 0 aromatic heterocycles. The highest BCUT2D eigenvalue weighted by Gasteiger charge is 2.24. The van der Waals surface area contributed by atoms with Crippen LogP contribution in [0.4, 0.5) is 5.69 Å². The number of nitrogens with one attached hydrogen (secondary N) is 1. The maximum atomic E-state index is 13.3. The molecule has 1 N–H and O–H groups in total. The topological polar surface area (TPSA) is 66.5 Å². The van der Waals surface area contributed by atoms with Gasteiger partial charge in [-0.25, -0.2) is 8.42 Å². The van der Waals surface area contributed by atoms with Crippen molar-refractivity contribution < 1.29 is 13.2 Å². The predicted molar refractivity (Wildman–Crippen MR) is 132 cm³/mol. The van der Waals surface area contributed by atoms with Crippen molar-refractivity contribution in [2.24, 2.45) is 0 Å². The van der Waals surface area contributed by atoms with Crippen LogP contribution in [0.25, 0.3) is 0 Å². The number of amides is 1. The fraction of sp³-hybridized carbons (Fsp3) is 0.500. The van der Waals surface area contributed by atoms with Crippen LogP contribution in [0.2, 0.25) is 0 Å². The van der Waals surface area contributed by atoms with Gasteiger partial charge in [0, 0.05) is 19.5 Å². The molecule has 2 rings (SSSR count). The first-order valence-electron chi connectivity index (χ1n) is 11.9. The maximum absolute atomic E-state index is 13.3. The second kappa shape index (κ2) is 13.9. The summed E-state index contributed by atoms with van der Waals surface area (Å²) in [5.74, 6) is 0.0474. The lowest BCUT2D eigenvalue weighted by molar-refractivity contribution is -0.121. The third-order valence-corrected chi connectivity index (χ3v) is 7.36. The van der Waals surface area contributed by atoms with Crippen molar-refractivity contribution in [1.82, 2.24) is 5.32 Å². The number of anilines is 1. The Kier molecular flexibility index (Phi) is 11.3. The van der Waals surface area contributed by atoms with E-state index in [-0.39, 0.29) is 10.8 Å². The van der Waals surface area contributed by atoms with Gasteiger partial charge in [-0.3, -0.25) is 9.10 Å². The molecular weight excluding hydrogens is 420 g/mol. The smallest absolute Gasteiger partial charge is 0.264 e. The van der Waals surface area contributed by atoms with E-state index in [1.54, 1.807) is 36.4 Å². The Morgan fingerprint density at radius 1 is 0.844 bits per heavy atom. The number of hydrogen-bond donors (Lipinski definition) is 1. The van der Waals surface area contributed by atoms with Gasteiger partial charge in [-0.1, -0.05) is 81.3 Å². The molecule has 6 heteroatoms. The third kappa shape index (κ3) is 8.65. The molecule has 2 aromatic carbocycles. The molecule has 0 bridgehead atoms. The van der Waals surface area contributed by atoms with Crippen LogP contribution in [-0.4, -0.2) is 27.4 Å².